The summed E-state index contributed by atoms with van der Waals surface area (Å²) in [5.74, 6) is 0.857. The fourth-order valence-corrected chi connectivity index (χ4v) is 1.85. The molecule has 0 bridgehead atoms. The maximum Gasteiger partial charge on any atom is 0.234 e. The minimum absolute atomic E-state index is 0.0243. The van der Waals surface area contributed by atoms with Gasteiger partial charge >= 0.3 is 0 Å². The number of carbonyl (C=O) groups excluding carboxylic acids is 1. The number of rotatable bonds is 7. The van der Waals surface area contributed by atoms with Crippen molar-refractivity contribution in [3.63, 3.8) is 0 Å². The number of nitrogens with one attached hydrogen (secondary N) is 1. The Morgan fingerprint density at radius 1 is 1.61 bits per heavy atom. The first-order valence-corrected chi connectivity index (χ1v) is 6.19. The summed E-state index contributed by atoms with van der Waals surface area (Å²) in [4.78, 5) is 13.8. The minimum atomic E-state index is -0.0243. The van der Waals surface area contributed by atoms with E-state index in [2.05, 4.69) is 10.2 Å². The largest absolute Gasteiger partial charge is 0.468 e. The first-order valence-electron chi connectivity index (χ1n) is 6.19. The molecule has 1 fully saturated rings. The Labute approximate surface area is 106 Å². The maximum atomic E-state index is 11.7. The lowest BCUT2D eigenvalue weighted by atomic mass is 10.3. The molecule has 1 aromatic rings. The first-order chi connectivity index (χ1) is 8.79. The summed E-state index contributed by atoms with van der Waals surface area (Å²) in [5, 5.41) is 11.1. The average Bonchev–Trinajstić information content (AvgIpc) is 3.08. The molecule has 5 nitrogen and oxygen atoms in total. The molecule has 1 aliphatic rings. The van der Waals surface area contributed by atoms with E-state index in [0.717, 1.165) is 18.6 Å². The predicted molar refractivity (Wildman–Crippen MR) is 65.4 cm³/mol. The molecule has 1 saturated carbocycles. The van der Waals surface area contributed by atoms with Gasteiger partial charge in [0.1, 0.15) is 5.76 Å². The van der Waals surface area contributed by atoms with Crippen LogP contribution in [0.25, 0.3) is 0 Å². The molecule has 1 aromatic heterocycles. The van der Waals surface area contributed by atoms with E-state index in [-0.39, 0.29) is 5.91 Å². The van der Waals surface area contributed by atoms with Crippen LogP contribution in [-0.4, -0.2) is 29.9 Å². The highest BCUT2D eigenvalue weighted by atomic mass is 16.3. The van der Waals surface area contributed by atoms with Crippen LogP contribution in [0.5, 0.6) is 0 Å². The lowest BCUT2D eigenvalue weighted by Gasteiger charge is -2.19. The molecule has 0 aromatic carbocycles. The topological polar surface area (TPSA) is 69.3 Å². The average molecular weight is 247 g/mol. The van der Waals surface area contributed by atoms with Gasteiger partial charge in [0.25, 0.3) is 0 Å². The smallest absolute Gasteiger partial charge is 0.234 e. The number of nitrogens with zero attached hydrogens (tertiary/aromatic N) is 2. The molecule has 0 saturated heterocycles. The van der Waals surface area contributed by atoms with Crippen molar-refractivity contribution >= 4 is 5.91 Å². The van der Waals surface area contributed by atoms with Crippen LogP contribution in [0.3, 0.4) is 0 Å². The fourth-order valence-electron chi connectivity index (χ4n) is 1.85. The fraction of sp³-hybridized carbons (Fsp3) is 0.538. The van der Waals surface area contributed by atoms with Gasteiger partial charge in [0.05, 0.1) is 31.8 Å². The van der Waals surface area contributed by atoms with Crippen molar-refractivity contribution in [1.82, 2.24) is 10.2 Å². The number of amides is 1. The van der Waals surface area contributed by atoms with Crippen molar-refractivity contribution in [2.24, 2.45) is 0 Å². The van der Waals surface area contributed by atoms with Gasteiger partial charge < -0.3 is 9.73 Å². The number of furan rings is 1. The monoisotopic (exact) mass is 247 g/mol. The minimum Gasteiger partial charge on any atom is -0.468 e. The maximum absolute atomic E-state index is 11.7. The van der Waals surface area contributed by atoms with Gasteiger partial charge in [-0.05, 0) is 25.0 Å². The predicted octanol–water partition coefficient (Wildman–Crippen LogP) is 1.27. The van der Waals surface area contributed by atoms with Gasteiger partial charge in [-0.3, -0.25) is 9.69 Å². The van der Waals surface area contributed by atoms with Crippen LogP contribution in [0.15, 0.2) is 22.8 Å². The highest BCUT2D eigenvalue weighted by Crippen LogP contribution is 2.28. The van der Waals surface area contributed by atoms with Crippen LogP contribution in [0, 0.1) is 11.3 Å². The third kappa shape index (κ3) is 3.90. The van der Waals surface area contributed by atoms with E-state index >= 15 is 0 Å². The Morgan fingerprint density at radius 2 is 2.44 bits per heavy atom. The molecule has 1 amide bonds. The van der Waals surface area contributed by atoms with Crippen molar-refractivity contribution in [2.45, 2.75) is 31.8 Å². The Kier molecular flexibility index (Phi) is 4.37. The zero-order valence-electron chi connectivity index (χ0n) is 10.3. The van der Waals surface area contributed by atoms with Gasteiger partial charge in [-0.25, -0.2) is 0 Å². The van der Waals surface area contributed by atoms with Crippen molar-refractivity contribution in [3.05, 3.63) is 24.2 Å². The molecular formula is C13H17N3O2. The number of hydrogen-bond donors (Lipinski definition) is 1. The van der Waals surface area contributed by atoms with Gasteiger partial charge in [0, 0.05) is 12.6 Å². The van der Waals surface area contributed by atoms with E-state index in [0.29, 0.717) is 32.1 Å². The highest BCUT2D eigenvalue weighted by molar-refractivity contribution is 5.78. The van der Waals surface area contributed by atoms with Crippen molar-refractivity contribution in [3.8, 4) is 6.07 Å². The second-order valence-electron chi connectivity index (χ2n) is 4.47. The molecule has 0 radical (unpaired) electrons. The lowest BCUT2D eigenvalue weighted by Crippen LogP contribution is -2.38. The molecule has 1 aliphatic carbocycles. The van der Waals surface area contributed by atoms with E-state index in [4.69, 9.17) is 9.68 Å². The van der Waals surface area contributed by atoms with E-state index in [1.54, 1.807) is 6.26 Å². The van der Waals surface area contributed by atoms with E-state index in [1.807, 2.05) is 18.2 Å². The normalized spacial score (nSPS) is 14.4. The van der Waals surface area contributed by atoms with E-state index in [9.17, 15) is 4.79 Å². The summed E-state index contributed by atoms with van der Waals surface area (Å²) >= 11 is 0. The van der Waals surface area contributed by atoms with Crippen molar-refractivity contribution < 1.29 is 9.21 Å². The Bertz CT molecular complexity index is 418. The van der Waals surface area contributed by atoms with Crippen LogP contribution >= 0.6 is 0 Å². The number of hydrogen-bond acceptors (Lipinski definition) is 4. The molecule has 0 atom stereocenters. The molecule has 18 heavy (non-hydrogen) atoms. The SMILES string of the molecule is N#CCCNC(=O)CN(Cc1ccco1)C1CC1. The molecule has 0 unspecified atom stereocenters. The first kappa shape index (κ1) is 12.7. The zero-order chi connectivity index (χ0) is 12.8. The molecule has 1 heterocycles. The van der Waals surface area contributed by atoms with Gasteiger partial charge in [0.2, 0.25) is 5.91 Å². The van der Waals surface area contributed by atoms with Gasteiger partial charge in [-0.15, -0.1) is 0 Å². The summed E-state index contributed by atoms with van der Waals surface area (Å²) in [5.41, 5.74) is 0. The van der Waals surface area contributed by atoms with E-state index < -0.39 is 0 Å². The van der Waals surface area contributed by atoms with E-state index in [1.165, 1.54) is 0 Å². The van der Waals surface area contributed by atoms with Gasteiger partial charge in [0.15, 0.2) is 0 Å². The van der Waals surface area contributed by atoms with Crippen LogP contribution in [0.1, 0.15) is 25.0 Å². The molecule has 2 rings (SSSR count). The third-order valence-electron chi connectivity index (χ3n) is 2.91. The summed E-state index contributed by atoms with van der Waals surface area (Å²) in [6, 6.07) is 6.28. The van der Waals surface area contributed by atoms with Gasteiger partial charge in [-0.2, -0.15) is 5.26 Å². The molecule has 0 aliphatic heterocycles. The van der Waals surface area contributed by atoms with Crippen LogP contribution < -0.4 is 5.32 Å². The van der Waals surface area contributed by atoms with Gasteiger partial charge in [-0.1, -0.05) is 0 Å². The van der Waals surface area contributed by atoms with Crippen molar-refractivity contribution in [1.29, 1.82) is 5.26 Å². The number of carbonyl (C=O) groups is 1. The van der Waals surface area contributed by atoms with Crippen LogP contribution in [0.4, 0.5) is 0 Å². The lowest BCUT2D eigenvalue weighted by molar-refractivity contribution is -0.122. The second kappa shape index (κ2) is 6.22. The Hall–Kier alpha value is -1.80. The standard InChI is InChI=1S/C13H17N3O2/c14-6-2-7-15-13(17)10-16(11-4-5-11)9-12-3-1-8-18-12/h1,3,8,11H,2,4-5,7,9-10H2,(H,15,17). The molecular weight excluding hydrogens is 230 g/mol. The zero-order valence-corrected chi connectivity index (χ0v) is 10.3. The molecule has 96 valence electrons. The summed E-state index contributed by atoms with van der Waals surface area (Å²) in [6.45, 7) is 1.47. The Morgan fingerprint density at radius 3 is 3.06 bits per heavy atom. The quantitative estimate of drug-likeness (QED) is 0.737. The molecule has 5 heteroatoms. The van der Waals surface area contributed by atoms with Crippen LogP contribution in [0.2, 0.25) is 0 Å². The Balaban J connectivity index is 1.79. The van der Waals surface area contributed by atoms with Crippen molar-refractivity contribution in [2.75, 3.05) is 13.1 Å². The highest BCUT2D eigenvalue weighted by Gasteiger charge is 2.30. The third-order valence-corrected chi connectivity index (χ3v) is 2.91. The summed E-state index contributed by atoms with van der Waals surface area (Å²) in [7, 11) is 0. The van der Waals surface area contributed by atoms with Crippen LogP contribution in [-0.2, 0) is 11.3 Å². The second-order valence-corrected chi connectivity index (χ2v) is 4.47. The molecule has 1 N–H and O–H groups in total. The summed E-state index contributed by atoms with van der Waals surface area (Å²) in [6.07, 6.45) is 4.29. The molecule has 0 spiro atoms. The number of nitriles is 1. The summed E-state index contributed by atoms with van der Waals surface area (Å²) < 4.78 is 5.31.